The highest BCUT2D eigenvalue weighted by Gasteiger charge is 2.11. The lowest BCUT2D eigenvalue weighted by molar-refractivity contribution is 0.0734. The molecular weight excluding hydrogens is 326 g/mol. The zero-order valence-electron chi connectivity index (χ0n) is 14.3. The summed E-state index contributed by atoms with van der Waals surface area (Å²) in [6, 6.07) is 23.5. The Morgan fingerprint density at radius 2 is 1.73 bits per heavy atom. The predicted molar refractivity (Wildman–Crippen MR) is 98.1 cm³/mol. The van der Waals surface area contributed by atoms with Gasteiger partial charge in [-0.1, -0.05) is 30.3 Å². The maximum Gasteiger partial charge on any atom is 0.343 e. The minimum atomic E-state index is -0.451. The molecule has 0 heterocycles. The lowest BCUT2D eigenvalue weighted by Crippen LogP contribution is -2.09. The van der Waals surface area contributed by atoms with Crippen LogP contribution in [-0.2, 0) is 6.61 Å². The molecular formula is C22H17NO3. The second kappa shape index (κ2) is 8.00. The second-order valence-corrected chi connectivity index (χ2v) is 5.78. The Balaban J connectivity index is 1.66. The van der Waals surface area contributed by atoms with Crippen LogP contribution in [0.4, 0.5) is 0 Å². The summed E-state index contributed by atoms with van der Waals surface area (Å²) in [5, 5.41) is 8.79. The number of nitriles is 1. The molecule has 0 spiro atoms. The molecule has 0 unspecified atom stereocenters. The molecule has 0 saturated heterocycles. The van der Waals surface area contributed by atoms with E-state index in [1.54, 1.807) is 42.5 Å². The van der Waals surface area contributed by atoms with Crippen LogP contribution in [0.3, 0.4) is 0 Å². The summed E-state index contributed by atoms with van der Waals surface area (Å²) in [5.41, 5.74) is 2.89. The maximum atomic E-state index is 12.3. The van der Waals surface area contributed by atoms with Gasteiger partial charge in [0.05, 0.1) is 17.2 Å². The molecule has 0 fully saturated rings. The van der Waals surface area contributed by atoms with Crippen molar-refractivity contribution in [3.63, 3.8) is 0 Å². The van der Waals surface area contributed by atoms with Crippen LogP contribution in [0.2, 0.25) is 0 Å². The fourth-order valence-corrected chi connectivity index (χ4v) is 2.44. The van der Waals surface area contributed by atoms with E-state index in [1.807, 2.05) is 43.3 Å². The number of aryl methyl sites for hydroxylation is 1. The van der Waals surface area contributed by atoms with Gasteiger partial charge in [-0.05, 0) is 60.5 Å². The number of hydrogen-bond donors (Lipinski definition) is 0. The first-order valence-electron chi connectivity index (χ1n) is 8.15. The van der Waals surface area contributed by atoms with E-state index in [4.69, 9.17) is 14.7 Å². The quantitative estimate of drug-likeness (QED) is 0.499. The van der Waals surface area contributed by atoms with Crippen LogP contribution in [0, 0.1) is 18.3 Å². The number of carbonyl (C=O) groups excluding carboxylic acids is 1. The highest BCUT2D eigenvalue weighted by atomic mass is 16.5. The van der Waals surface area contributed by atoms with Crippen molar-refractivity contribution in [3.05, 3.63) is 95.1 Å². The first-order chi connectivity index (χ1) is 12.7. The van der Waals surface area contributed by atoms with E-state index in [2.05, 4.69) is 0 Å². The van der Waals surface area contributed by atoms with E-state index in [0.717, 1.165) is 16.9 Å². The average molecular weight is 343 g/mol. The van der Waals surface area contributed by atoms with Crippen LogP contribution in [-0.4, -0.2) is 5.97 Å². The van der Waals surface area contributed by atoms with Gasteiger partial charge in [-0.3, -0.25) is 0 Å². The third-order valence-electron chi connectivity index (χ3n) is 3.84. The van der Waals surface area contributed by atoms with Gasteiger partial charge in [0.25, 0.3) is 0 Å². The van der Waals surface area contributed by atoms with Gasteiger partial charge >= 0.3 is 5.97 Å². The molecule has 3 aromatic carbocycles. The van der Waals surface area contributed by atoms with Crippen molar-refractivity contribution < 1.29 is 14.3 Å². The van der Waals surface area contributed by atoms with E-state index in [0.29, 0.717) is 23.5 Å². The topological polar surface area (TPSA) is 59.3 Å². The van der Waals surface area contributed by atoms with E-state index in [9.17, 15) is 4.79 Å². The van der Waals surface area contributed by atoms with Crippen molar-refractivity contribution in [1.29, 1.82) is 5.26 Å². The lowest BCUT2D eigenvalue weighted by Gasteiger charge is -2.11. The van der Waals surface area contributed by atoms with E-state index < -0.39 is 5.97 Å². The van der Waals surface area contributed by atoms with Gasteiger partial charge < -0.3 is 9.47 Å². The zero-order valence-corrected chi connectivity index (χ0v) is 14.3. The second-order valence-electron chi connectivity index (χ2n) is 5.78. The first-order valence-corrected chi connectivity index (χ1v) is 8.15. The summed E-state index contributed by atoms with van der Waals surface area (Å²) in [6.45, 7) is 2.36. The zero-order chi connectivity index (χ0) is 18.4. The molecule has 4 heteroatoms. The van der Waals surface area contributed by atoms with Gasteiger partial charge in [-0.25, -0.2) is 4.79 Å². The molecule has 0 amide bonds. The van der Waals surface area contributed by atoms with Crippen LogP contribution in [0.1, 0.15) is 27.0 Å². The van der Waals surface area contributed by atoms with Gasteiger partial charge in [0.15, 0.2) is 0 Å². The molecule has 0 N–H and O–H groups in total. The van der Waals surface area contributed by atoms with Crippen molar-refractivity contribution in [3.8, 4) is 17.6 Å². The molecule has 3 aromatic rings. The molecule has 0 aliphatic carbocycles. The fourth-order valence-electron chi connectivity index (χ4n) is 2.44. The number of rotatable bonds is 5. The molecule has 0 atom stereocenters. The normalized spacial score (nSPS) is 10.0. The number of benzene rings is 3. The summed E-state index contributed by atoms with van der Waals surface area (Å²) in [4.78, 5) is 12.3. The van der Waals surface area contributed by atoms with E-state index >= 15 is 0 Å². The van der Waals surface area contributed by atoms with Gasteiger partial charge in [-0.15, -0.1) is 0 Å². The van der Waals surface area contributed by atoms with Gasteiger partial charge in [0, 0.05) is 0 Å². The number of carbonyl (C=O) groups is 1. The van der Waals surface area contributed by atoms with Gasteiger partial charge in [0.1, 0.15) is 18.1 Å². The molecule has 3 rings (SSSR count). The summed E-state index contributed by atoms with van der Waals surface area (Å²) in [5.74, 6) is 0.673. The SMILES string of the molecule is Cc1cc(C(=O)Oc2ccc(C#N)cc2)ccc1OCc1ccccc1. The van der Waals surface area contributed by atoms with Crippen molar-refractivity contribution >= 4 is 5.97 Å². The highest BCUT2D eigenvalue weighted by molar-refractivity contribution is 5.91. The Morgan fingerprint density at radius 1 is 1.00 bits per heavy atom. The average Bonchev–Trinajstić information content (AvgIpc) is 2.68. The third kappa shape index (κ3) is 4.28. The van der Waals surface area contributed by atoms with Crippen LogP contribution in [0.15, 0.2) is 72.8 Å². The van der Waals surface area contributed by atoms with E-state index in [1.165, 1.54) is 0 Å². The van der Waals surface area contributed by atoms with Crippen LogP contribution in [0.25, 0.3) is 0 Å². The molecule has 4 nitrogen and oxygen atoms in total. The lowest BCUT2D eigenvalue weighted by atomic mass is 10.1. The van der Waals surface area contributed by atoms with Crippen molar-refractivity contribution in [2.45, 2.75) is 13.5 Å². The summed E-state index contributed by atoms with van der Waals surface area (Å²) in [7, 11) is 0. The third-order valence-corrected chi connectivity index (χ3v) is 3.84. The Hall–Kier alpha value is -3.58. The van der Waals surface area contributed by atoms with Gasteiger partial charge in [-0.2, -0.15) is 5.26 Å². The van der Waals surface area contributed by atoms with Crippen LogP contribution in [0.5, 0.6) is 11.5 Å². The Morgan fingerprint density at radius 3 is 2.38 bits per heavy atom. The summed E-state index contributed by atoms with van der Waals surface area (Å²) < 4.78 is 11.2. The van der Waals surface area contributed by atoms with Gasteiger partial charge in [0.2, 0.25) is 0 Å². The minimum Gasteiger partial charge on any atom is -0.489 e. The number of ether oxygens (including phenoxy) is 2. The molecule has 0 aromatic heterocycles. The molecule has 128 valence electrons. The number of nitrogens with zero attached hydrogens (tertiary/aromatic N) is 1. The van der Waals surface area contributed by atoms with Crippen LogP contribution < -0.4 is 9.47 Å². The molecule has 0 bridgehead atoms. The largest absolute Gasteiger partial charge is 0.489 e. The Labute approximate surface area is 152 Å². The van der Waals surface area contributed by atoms with Crippen molar-refractivity contribution in [2.24, 2.45) is 0 Å². The number of hydrogen-bond acceptors (Lipinski definition) is 4. The molecule has 26 heavy (non-hydrogen) atoms. The Bertz CT molecular complexity index is 941. The van der Waals surface area contributed by atoms with Crippen LogP contribution >= 0.6 is 0 Å². The smallest absolute Gasteiger partial charge is 0.343 e. The van der Waals surface area contributed by atoms with E-state index in [-0.39, 0.29) is 0 Å². The van der Waals surface area contributed by atoms with Crippen molar-refractivity contribution in [2.75, 3.05) is 0 Å². The monoisotopic (exact) mass is 343 g/mol. The number of esters is 1. The molecule has 0 radical (unpaired) electrons. The highest BCUT2D eigenvalue weighted by Crippen LogP contribution is 2.22. The Kier molecular flexibility index (Phi) is 5.31. The predicted octanol–water partition coefficient (Wildman–Crippen LogP) is 4.66. The molecule has 0 saturated carbocycles. The fraction of sp³-hybridized carbons (Fsp3) is 0.0909. The summed E-state index contributed by atoms with van der Waals surface area (Å²) >= 11 is 0. The first kappa shape index (κ1) is 17.2. The minimum absolute atomic E-state index is 0.399. The maximum absolute atomic E-state index is 12.3. The summed E-state index contributed by atoms with van der Waals surface area (Å²) in [6.07, 6.45) is 0. The molecule has 0 aliphatic rings. The molecule has 0 aliphatic heterocycles. The van der Waals surface area contributed by atoms with Crippen molar-refractivity contribution in [1.82, 2.24) is 0 Å². The standard InChI is InChI=1S/C22H17NO3/c1-16-13-19(22(24)26-20-10-7-17(14-23)8-11-20)9-12-21(16)25-15-18-5-3-2-4-6-18/h2-13H,15H2,1H3.